The van der Waals surface area contributed by atoms with Crippen LogP contribution < -0.4 is 5.32 Å². The summed E-state index contributed by atoms with van der Waals surface area (Å²) < 4.78 is 0. The Bertz CT molecular complexity index is 818. The van der Waals surface area contributed by atoms with Gasteiger partial charge in [0.25, 0.3) is 0 Å². The summed E-state index contributed by atoms with van der Waals surface area (Å²) in [6.45, 7) is 4.11. The lowest BCUT2D eigenvalue weighted by Gasteiger charge is -2.15. The summed E-state index contributed by atoms with van der Waals surface area (Å²) in [5, 5.41) is 13.2. The fraction of sp³-hybridized carbons (Fsp3) is 0.200. The number of nitrogens with one attached hydrogen (secondary N) is 1. The average molecular weight is 319 g/mol. The molecule has 0 amide bonds. The minimum absolute atomic E-state index is 0.141. The van der Waals surface area contributed by atoms with Crippen molar-refractivity contribution in [3.8, 4) is 17.0 Å². The zero-order chi connectivity index (χ0) is 16.9. The second kappa shape index (κ2) is 7.13. The van der Waals surface area contributed by atoms with Crippen LogP contribution in [0.3, 0.4) is 0 Å². The Hall–Kier alpha value is -2.88. The number of aromatic nitrogens is 2. The van der Waals surface area contributed by atoms with E-state index in [4.69, 9.17) is 0 Å². The Balaban J connectivity index is 1.84. The number of anilines is 1. The number of hydrogen-bond acceptors (Lipinski definition) is 4. The van der Waals surface area contributed by atoms with Crippen LogP contribution >= 0.6 is 0 Å². The topological polar surface area (TPSA) is 58.0 Å². The Morgan fingerprint density at radius 3 is 2.62 bits per heavy atom. The van der Waals surface area contributed by atoms with E-state index >= 15 is 0 Å². The normalized spacial score (nSPS) is 11.9. The number of phenolic OH excluding ortho intramolecular Hbond substituents is 1. The molecule has 0 radical (unpaired) electrons. The van der Waals surface area contributed by atoms with Gasteiger partial charge in [0.1, 0.15) is 11.6 Å². The number of aryl methyl sites for hydroxylation is 1. The summed E-state index contributed by atoms with van der Waals surface area (Å²) in [7, 11) is 0. The summed E-state index contributed by atoms with van der Waals surface area (Å²) in [6.07, 6.45) is 4.24. The van der Waals surface area contributed by atoms with Crippen LogP contribution in [0.25, 0.3) is 11.3 Å². The number of rotatable bonds is 5. The first kappa shape index (κ1) is 16.0. The van der Waals surface area contributed by atoms with E-state index in [1.54, 1.807) is 18.5 Å². The van der Waals surface area contributed by atoms with E-state index in [0.29, 0.717) is 5.75 Å². The van der Waals surface area contributed by atoms with Crippen molar-refractivity contribution >= 4 is 5.82 Å². The van der Waals surface area contributed by atoms with Crippen molar-refractivity contribution in [2.45, 2.75) is 26.3 Å². The van der Waals surface area contributed by atoms with Crippen LogP contribution in [0.15, 0.2) is 60.9 Å². The predicted molar refractivity (Wildman–Crippen MR) is 97.0 cm³/mol. The molecule has 0 aliphatic heterocycles. The quantitative estimate of drug-likeness (QED) is 0.722. The van der Waals surface area contributed by atoms with Gasteiger partial charge in [-0.15, -0.1) is 0 Å². The number of hydrogen-bond donors (Lipinski definition) is 2. The van der Waals surface area contributed by atoms with Crippen LogP contribution in [0.2, 0.25) is 0 Å². The van der Waals surface area contributed by atoms with Gasteiger partial charge in [0.2, 0.25) is 0 Å². The maximum Gasteiger partial charge on any atom is 0.145 e. The van der Waals surface area contributed by atoms with E-state index in [2.05, 4.69) is 34.3 Å². The Morgan fingerprint density at radius 1 is 1.08 bits per heavy atom. The smallest absolute Gasteiger partial charge is 0.145 e. The molecule has 1 heterocycles. The molecule has 0 saturated heterocycles. The van der Waals surface area contributed by atoms with Crippen LogP contribution in [-0.4, -0.2) is 15.1 Å². The van der Waals surface area contributed by atoms with Gasteiger partial charge in [-0.3, -0.25) is 4.98 Å². The van der Waals surface area contributed by atoms with Crippen LogP contribution in [0.1, 0.15) is 31.0 Å². The predicted octanol–water partition coefficient (Wildman–Crippen LogP) is 4.58. The van der Waals surface area contributed by atoms with E-state index in [9.17, 15) is 5.11 Å². The lowest BCUT2D eigenvalue weighted by molar-refractivity contribution is 0.469. The zero-order valence-electron chi connectivity index (χ0n) is 13.9. The number of nitrogens with zero attached hydrogens (tertiary/aromatic N) is 2. The highest BCUT2D eigenvalue weighted by atomic mass is 16.3. The van der Waals surface area contributed by atoms with Gasteiger partial charge in [-0.05, 0) is 42.7 Å². The molecule has 0 fully saturated rings. The Morgan fingerprint density at radius 2 is 1.88 bits per heavy atom. The summed E-state index contributed by atoms with van der Waals surface area (Å²) >= 11 is 0. The largest absolute Gasteiger partial charge is 0.508 e. The van der Waals surface area contributed by atoms with Gasteiger partial charge in [0.15, 0.2) is 0 Å². The molecule has 0 unspecified atom stereocenters. The summed E-state index contributed by atoms with van der Waals surface area (Å²) in [5.74, 6) is 1.05. The minimum atomic E-state index is 0.141. The van der Waals surface area contributed by atoms with Gasteiger partial charge in [-0.2, -0.15) is 0 Å². The van der Waals surface area contributed by atoms with Crippen molar-refractivity contribution in [3.05, 3.63) is 72.1 Å². The first-order valence-electron chi connectivity index (χ1n) is 8.13. The van der Waals surface area contributed by atoms with Gasteiger partial charge >= 0.3 is 0 Å². The summed E-state index contributed by atoms with van der Waals surface area (Å²) in [6, 6.07) is 15.9. The molecular formula is C20H21N3O. The molecule has 3 aromatic rings. The van der Waals surface area contributed by atoms with Crippen molar-refractivity contribution < 1.29 is 5.11 Å². The first-order chi connectivity index (χ1) is 11.7. The molecule has 0 aliphatic carbocycles. The lowest BCUT2D eigenvalue weighted by atomic mass is 10.1. The molecule has 1 aromatic heterocycles. The van der Waals surface area contributed by atoms with E-state index in [1.807, 2.05) is 37.3 Å². The van der Waals surface area contributed by atoms with Gasteiger partial charge in [-0.1, -0.05) is 37.3 Å². The SMILES string of the molecule is CCc1cc(-c2cncc(N[C@H](C)c3ccccc3)n2)ccc1O. The highest BCUT2D eigenvalue weighted by Gasteiger charge is 2.09. The molecule has 1 atom stereocenters. The van der Waals surface area contributed by atoms with Crippen LogP contribution in [-0.2, 0) is 6.42 Å². The van der Waals surface area contributed by atoms with Crippen molar-refractivity contribution in [2.24, 2.45) is 0 Å². The Kier molecular flexibility index (Phi) is 4.75. The monoisotopic (exact) mass is 319 g/mol. The van der Waals surface area contributed by atoms with Gasteiger partial charge in [0, 0.05) is 11.6 Å². The van der Waals surface area contributed by atoms with Crippen LogP contribution in [0.4, 0.5) is 5.82 Å². The molecule has 24 heavy (non-hydrogen) atoms. The Labute approximate surface area is 142 Å². The third kappa shape index (κ3) is 3.54. The molecule has 2 aromatic carbocycles. The highest BCUT2D eigenvalue weighted by molar-refractivity contribution is 5.62. The maximum atomic E-state index is 9.83. The highest BCUT2D eigenvalue weighted by Crippen LogP contribution is 2.26. The fourth-order valence-corrected chi connectivity index (χ4v) is 2.65. The van der Waals surface area contributed by atoms with E-state index < -0.39 is 0 Å². The molecule has 0 spiro atoms. The molecule has 2 N–H and O–H groups in total. The van der Waals surface area contributed by atoms with Crippen molar-refractivity contribution in [1.29, 1.82) is 0 Å². The van der Waals surface area contributed by atoms with Crippen molar-refractivity contribution in [3.63, 3.8) is 0 Å². The number of benzene rings is 2. The molecule has 0 aliphatic rings. The van der Waals surface area contributed by atoms with Crippen LogP contribution in [0.5, 0.6) is 5.75 Å². The number of phenols is 1. The van der Waals surface area contributed by atoms with Crippen molar-refractivity contribution in [2.75, 3.05) is 5.32 Å². The van der Waals surface area contributed by atoms with Crippen LogP contribution in [0, 0.1) is 0 Å². The molecule has 4 nitrogen and oxygen atoms in total. The maximum absolute atomic E-state index is 9.83. The third-order valence-corrected chi connectivity index (χ3v) is 4.05. The van der Waals surface area contributed by atoms with Gasteiger partial charge in [0.05, 0.1) is 18.1 Å². The molecule has 0 bridgehead atoms. The molecule has 0 saturated carbocycles. The van der Waals surface area contributed by atoms with E-state index in [-0.39, 0.29) is 6.04 Å². The second-order valence-corrected chi connectivity index (χ2v) is 5.76. The zero-order valence-corrected chi connectivity index (χ0v) is 13.9. The minimum Gasteiger partial charge on any atom is -0.508 e. The first-order valence-corrected chi connectivity index (χ1v) is 8.13. The van der Waals surface area contributed by atoms with Gasteiger partial charge < -0.3 is 10.4 Å². The van der Waals surface area contributed by atoms with Crippen molar-refractivity contribution in [1.82, 2.24) is 9.97 Å². The molecule has 122 valence electrons. The standard InChI is InChI=1S/C20H21N3O/c1-3-15-11-17(9-10-19(15)24)18-12-21-13-20(23-18)22-14(2)16-7-5-4-6-8-16/h4-14,24H,3H2,1-2H3,(H,22,23)/t14-/m1/s1. The van der Waals surface area contributed by atoms with Gasteiger partial charge in [-0.25, -0.2) is 4.98 Å². The third-order valence-electron chi connectivity index (χ3n) is 4.05. The lowest BCUT2D eigenvalue weighted by Crippen LogP contribution is -2.08. The van der Waals surface area contributed by atoms with E-state index in [1.165, 1.54) is 5.56 Å². The molecular weight excluding hydrogens is 298 g/mol. The summed E-state index contributed by atoms with van der Waals surface area (Å²) in [5.41, 5.74) is 3.84. The fourth-order valence-electron chi connectivity index (χ4n) is 2.65. The average Bonchev–Trinajstić information content (AvgIpc) is 2.63. The molecule has 3 rings (SSSR count). The number of aromatic hydroxyl groups is 1. The van der Waals surface area contributed by atoms with E-state index in [0.717, 1.165) is 29.1 Å². The summed E-state index contributed by atoms with van der Waals surface area (Å²) in [4.78, 5) is 8.96. The second-order valence-electron chi connectivity index (χ2n) is 5.76. The molecule has 4 heteroatoms.